The Morgan fingerprint density at radius 1 is 1.09 bits per heavy atom. The van der Waals surface area contributed by atoms with Crippen LogP contribution in [0.2, 0.25) is 0 Å². The number of aromatic amines is 1. The molecule has 3 aromatic rings. The summed E-state index contributed by atoms with van der Waals surface area (Å²) >= 11 is 3.39. The van der Waals surface area contributed by atoms with Crippen LogP contribution < -0.4 is 11.2 Å². The van der Waals surface area contributed by atoms with Gasteiger partial charge in [-0.05, 0) is 67.3 Å². The van der Waals surface area contributed by atoms with Gasteiger partial charge < -0.3 is 5.11 Å². The normalized spacial score (nSPS) is 15.0. The largest absolute Gasteiger partial charge is 0.493 e. The SMILES string of the molecule is CCc1cc(Br)ccc1-n1c(O)c(C=Nc2ccc(S(=O)(=O)N3CCCCC3)cc2)c(=O)[nH]c1=O. The van der Waals surface area contributed by atoms with Gasteiger partial charge in [0, 0.05) is 23.8 Å². The molecule has 4 rings (SSSR count). The summed E-state index contributed by atoms with van der Waals surface area (Å²) in [6, 6.07) is 11.2. The highest BCUT2D eigenvalue weighted by Crippen LogP contribution is 2.25. The molecule has 11 heteroatoms. The van der Waals surface area contributed by atoms with Crippen LogP contribution >= 0.6 is 15.9 Å². The summed E-state index contributed by atoms with van der Waals surface area (Å²) in [5.41, 5.74) is -0.133. The lowest BCUT2D eigenvalue weighted by Crippen LogP contribution is -2.35. The molecule has 1 aliphatic heterocycles. The minimum absolute atomic E-state index is 0.176. The molecule has 1 aromatic heterocycles. The lowest BCUT2D eigenvalue weighted by molar-refractivity contribution is 0.346. The lowest BCUT2D eigenvalue weighted by Gasteiger charge is -2.25. The number of aromatic nitrogens is 2. The van der Waals surface area contributed by atoms with Crippen LogP contribution in [0.25, 0.3) is 5.69 Å². The fourth-order valence-electron chi connectivity index (χ4n) is 4.03. The van der Waals surface area contributed by atoms with Crippen molar-refractivity contribution in [3.8, 4) is 11.6 Å². The van der Waals surface area contributed by atoms with Crippen LogP contribution in [0.4, 0.5) is 5.69 Å². The molecule has 1 saturated heterocycles. The van der Waals surface area contributed by atoms with E-state index in [1.165, 1.54) is 28.6 Å². The Bertz CT molecular complexity index is 1490. The number of aliphatic imine (C=N–C) groups is 1. The molecule has 0 radical (unpaired) electrons. The maximum atomic E-state index is 12.8. The third kappa shape index (κ3) is 5.16. The van der Waals surface area contributed by atoms with E-state index in [0.717, 1.165) is 40.1 Å². The highest BCUT2D eigenvalue weighted by molar-refractivity contribution is 9.10. The second kappa shape index (κ2) is 10.3. The van der Waals surface area contributed by atoms with Gasteiger partial charge in [-0.2, -0.15) is 4.31 Å². The van der Waals surface area contributed by atoms with Crippen LogP contribution in [-0.4, -0.2) is 46.7 Å². The molecule has 2 heterocycles. The smallest absolute Gasteiger partial charge is 0.335 e. The number of hydrogen-bond acceptors (Lipinski definition) is 6. The molecule has 2 aromatic carbocycles. The molecular formula is C24H25BrN4O5S. The number of nitrogens with one attached hydrogen (secondary N) is 1. The summed E-state index contributed by atoms with van der Waals surface area (Å²) in [5, 5.41) is 10.8. The zero-order chi connectivity index (χ0) is 25.2. The molecule has 35 heavy (non-hydrogen) atoms. The fraction of sp³-hybridized carbons (Fsp3) is 0.292. The Morgan fingerprint density at radius 2 is 1.77 bits per heavy atom. The third-order valence-corrected chi connectivity index (χ3v) is 8.32. The van der Waals surface area contributed by atoms with Crippen LogP contribution in [0, 0.1) is 0 Å². The fourth-order valence-corrected chi connectivity index (χ4v) is 5.96. The maximum absolute atomic E-state index is 12.8. The van der Waals surface area contributed by atoms with Crippen LogP contribution in [0.1, 0.15) is 37.3 Å². The molecule has 184 valence electrons. The van der Waals surface area contributed by atoms with Crippen molar-refractivity contribution in [3.05, 3.63) is 78.9 Å². The molecule has 0 unspecified atom stereocenters. The number of rotatable bonds is 6. The van der Waals surface area contributed by atoms with Gasteiger partial charge in [-0.3, -0.25) is 14.8 Å². The van der Waals surface area contributed by atoms with Crippen molar-refractivity contribution in [2.24, 2.45) is 4.99 Å². The molecule has 1 aliphatic rings. The Hall–Kier alpha value is -3.02. The van der Waals surface area contributed by atoms with Gasteiger partial charge in [0.05, 0.1) is 16.3 Å². The van der Waals surface area contributed by atoms with Crippen molar-refractivity contribution < 1.29 is 13.5 Å². The van der Waals surface area contributed by atoms with Gasteiger partial charge in [-0.25, -0.2) is 17.8 Å². The van der Waals surface area contributed by atoms with Crippen molar-refractivity contribution in [2.45, 2.75) is 37.5 Å². The summed E-state index contributed by atoms with van der Waals surface area (Å²) in [5.74, 6) is -0.538. The summed E-state index contributed by atoms with van der Waals surface area (Å²) in [7, 11) is -3.57. The Morgan fingerprint density at radius 3 is 2.43 bits per heavy atom. The van der Waals surface area contributed by atoms with Crippen molar-refractivity contribution in [1.82, 2.24) is 13.9 Å². The standard InChI is InChI=1S/C24H25BrN4O5S/c1-2-16-14-17(25)6-11-21(16)29-23(31)20(22(30)27-24(29)32)15-26-18-7-9-19(10-8-18)35(33,34)28-12-4-3-5-13-28/h6-11,14-15,31H,2-5,12-13H2,1H3,(H,27,30,32). The second-order valence-electron chi connectivity index (χ2n) is 8.18. The van der Waals surface area contributed by atoms with Crippen LogP contribution in [0.15, 0.2) is 66.4 Å². The minimum Gasteiger partial charge on any atom is -0.493 e. The van der Waals surface area contributed by atoms with Crippen LogP contribution in [-0.2, 0) is 16.4 Å². The molecule has 0 atom stereocenters. The monoisotopic (exact) mass is 560 g/mol. The molecule has 0 amide bonds. The van der Waals surface area contributed by atoms with Gasteiger partial charge in [-0.1, -0.05) is 29.3 Å². The van der Waals surface area contributed by atoms with Gasteiger partial charge >= 0.3 is 5.69 Å². The number of piperidine rings is 1. The number of halogens is 1. The number of nitrogens with zero attached hydrogens (tertiary/aromatic N) is 3. The number of hydrogen-bond donors (Lipinski definition) is 2. The van der Waals surface area contributed by atoms with Gasteiger partial charge in [0.15, 0.2) is 0 Å². The first kappa shape index (κ1) is 25.1. The van der Waals surface area contributed by atoms with Crippen molar-refractivity contribution in [3.63, 3.8) is 0 Å². The first-order chi connectivity index (χ1) is 16.7. The number of aromatic hydroxyl groups is 1. The topological polar surface area (TPSA) is 125 Å². The van der Waals surface area contributed by atoms with E-state index in [4.69, 9.17) is 0 Å². The zero-order valence-electron chi connectivity index (χ0n) is 19.1. The quantitative estimate of drug-likeness (QED) is 0.446. The molecule has 1 fully saturated rings. The van der Waals surface area contributed by atoms with Gasteiger partial charge in [-0.15, -0.1) is 0 Å². The van der Waals surface area contributed by atoms with E-state index in [-0.39, 0.29) is 10.5 Å². The van der Waals surface area contributed by atoms with E-state index >= 15 is 0 Å². The van der Waals surface area contributed by atoms with E-state index in [9.17, 15) is 23.1 Å². The number of benzene rings is 2. The Labute approximate surface area is 211 Å². The molecule has 0 spiro atoms. The second-order valence-corrected chi connectivity index (χ2v) is 11.0. The minimum atomic E-state index is -3.57. The van der Waals surface area contributed by atoms with Gasteiger partial charge in [0.1, 0.15) is 5.56 Å². The Kier molecular flexibility index (Phi) is 7.39. The van der Waals surface area contributed by atoms with E-state index < -0.39 is 27.2 Å². The van der Waals surface area contributed by atoms with Crippen LogP contribution in [0.3, 0.4) is 0 Å². The molecule has 9 nitrogen and oxygen atoms in total. The first-order valence-corrected chi connectivity index (χ1v) is 13.5. The van der Waals surface area contributed by atoms with E-state index in [0.29, 0.717) is 30.9 Å². The predicted octanol–water partition coefficient (Wildman–Crippen LogP) is 3.48. The van der Waals surface area contributed by atoms with Crippen molar-refractivity contribution in [2.75, 3.05) is 13.1 Å². The third-order valence-electron chi connectivity index (χ3n) is 5.92. The van der Waals surface area contributed by atoms with Crippen molar-refractivity contribution in [1.29, 1.82) is 0 Å². The van der Waals surface area contributed by atoms with Gasteiger partial charge in [0.25, 0.3) is 5.56 Å². The number of aryl methyl sites for hydroxylation is 1. The Balaban J connectivity index is 1.66. The first-order valence-electron chi connectivity index (χ1n) is 11.2. The molecular weight excluding hydrogens is 536 g/mol. The number of sulfonamides is 1. The molecule has 2 N–H and O–H groups in total. The van der Waals surface area contributed by atoms with Crippen molar-refractivity contribution >= 4 is 37.9 Å². The summed E-state index contributed by atoms with van der Waals surface area (Å²) in [4.78, 5) is 31.6. The average molecular weight is 561 g/mol. The number of H-pyrrole nitrogens is 1. The predicted molar refractivity (Wildman–Crippen MR) is 138 cm³/mol. The van der Waals surface area contributed by atoms with Crippen LogP contribution in [0.5, 0.6) is 5.88 Å². The van der Waals surface area contributed by atoms with E-state index in [1.807, 2.05) is 13.0 Å². The molecule has 0 aliphatic carbocycles. The average Bonchev–Trinajstić information content (AvgIpc) is 2.85. The maximum Gasteiger partial charge on any atom is 0.335 e. The van der Waals surface area contributed by atoms with E-state index in [1.54, 1.807) is 12.1 Å². The molecule has 0 bridgehead atoms. The summed E-state index contributed by atoms with van der Waals surface area (Å²) < 4.78 is 29.0. The van der Waals surface area contributed by atoms with Gasteiger partial charge in [0.2, 0.25) is 15.9 Å². The highest BCUT2D eigenvalue weighted by Gasteiger charge is 2.25. The summed E-state index contributed by atoms with van der Waals surface area (Å²) in [6.07, 6.45) is 4.47. The zero-order valence-corrected chi connectivity index (χ0v) is 21.5. The lowest BCUT2D eigenvalue weighted by atomic mass is 10.1. The summed E-state index contributed by atoms with van der Waals surface area (Å²) in [6.45, 7) is 2.94. The van der Waals surface area contributed by atoms with E-state index in [2.05, 4.69) is 25.9 Å². The molecule has 0 saturated carbocycles. The highest BCUT2D eigenvalue weighted by atomic mass is 79.9.